The summed E-state index contributed by atoms with van der Waals surface area (Å²) in [6, 6.07) is 15.2. The molecule has 0 fully saturated rings. The standard InChI is InChI=1S/C21H23NO5/c1-3-26-21(25)17-9-11-18(12-10-17)27-14-20(24)22-19(15(2)23)13-16-7-5-4-6-8-16/h4-12,19H,3,13-14H2,1-2H3,(H,22,24). The maximum atomic E-state index is 12.1. The Morgan fingerprint density at radius 1 is 1.00 bits per heavy atom. The highest BCUT2D eigenvalue weighted by molar-refractivity contribution is 5.89. The third kappa shape index (κ3) is 6.58. The zero-order valence-electron chi connectivity index (χ0n) is 15.4. The molecular formula is C21H23NO5. The Morgan fingerprint density at radius 3 is 2.26 bits per heavy atom. The molecule has 1 amide bonds. The number of esters is 1. The van der Waals surface area contributed by atoms with E-state index in [2.05, 4.69) is 5.32 Å². The molecular weight excluding hydrogens is 346 g/mol. The molecule has 27 heavy (non-hydrogen) atoms. The van der Waals surface area contributed by atoms with Crippen LogP contribution in [0.4, 0.5) is 0 Å². The molecule has 6 heteroatoms. The number of amides is 1. The molecule has 142 valence electrons. The largest absolute Gasteiger partial charge is 0.484 e. The predicted octanol–water partition coefficient (Wildman–Crippen LogP) is 2.56. The number of Topliss-reactive ketones (excluding diaryl/α,β-unsaturated/α-hetero) is 1. The van der Waals surface area contributed by atoms with Crippen molar-refractivity contribution in [1.82, 2.24) is 5.32 Å². The number of ketones is 1. The third-order valence-electron chi connectivity index (χ3n) is 3.84. The van der Waals surface area contributed by atoms with E-state index in [0.717, 1.165) is 5.56 Å². The van der Waals surface area contributed by atoms with Crippen molar-refractivity contribution in [1.29, 1.82) is 0 Å². The first-order valence-electron chi connectivity index (χ1n) is 8.73. The van der Waals surface area contributed by atoms with Gasteiger partial charge in [-0.2, -0.15) is 0 Å². The van der Waals surface area contributed by atoms with Gasteiger partial charge >= 0.3 is 5.97 Å². The molecule has 2 aromatic carbocycles. The Morgan fingerprint density at radius 2 is 1.67 bits per heavy atom. The minimum Gasteiger partial charge on any atom is -0.484 e. The number of benzene rings is 2. The molecule has 6 nitrogen and oxygen atoms in total. The van der Waals surface area contributed by atoms with Gasteiger partial charge in [0.05, 0.1) is 18.2 Å². The Kier molecular flexibility index (Phi) is 7.55. The first-order valence-corrected chi connectivity index (χ1v) is 8.73. The number of rotatable bonds is 9. The van der Waals surface area contributed by atoms with Crippen molar-refractivity contribution < 1.29 is 23.9 Å². The fourth-order valence-electron chi connectivity index (χ4n) is 2.43. The number of hydrogen-bond acceptors (Lipinski definition) is 5. The minimum atomic E-state index is -0.602. The summed E-state index contributed by atoms with van der Waals surface area (Å²) < 4.78 is 10.3. The van der Waals surface area contributed by atoms with E-state index < -0.39 is 12.0 Å². The van der Waals surface area contributed by atoms with Crippen molar-refractivity contribution in [2.45, 2.75) is 26.3 Å². The summed E-state index contributed by atoms with van der Waals surface area (Å²) in [4.78, 5) is 35.5. The van der Waals surface area contributed by atoms with Crippen LogP contribution in [0.1, 0.15) is 29.8 Å². The number of ether oxygens (including phenoxy) is 2. The number of carbonyl (C=O) groups is 3. The second kappa shape index (κ2) is 10.1. The Labute approximate surface area is 158 Å². The summed E-state index contributed by atoms with van der Waals surface area (Å²) >= 11 is 0. The van der Waals surface area contributed by atoms with Gasteiger partial charge in [-0.05, 0) is 50.1 Å². The van der Waals surface area contributed by atoms with E-state index in [4.69, 9.17) is 9.47 Å². The fraction of sp³-hybridized carbons (Fsp3) is 0.286. The van der Waals surface area contributed by atoms with E-state index in [1.54, 1.807) is 31.2 Å². The molecule has 0 saturated carbocycles. The molecule has 2 rings (SSSR count). The minimum absolute atomic E-state index is 0.119. The normalized spacial score (nSPS) is 11.3. The van der Waals surface area contributed by atoms with Gasteiger partial charge in [-0.3, -0.25) is 9.59 Å². The summed E-state index contributed by atoms with van der Waals surface area (Å²) in [6.07, 6.45) is 0.427. The van der Waals surface area contributed by atoms with Gasteiger partial charge in [0.1, 0.15) is 5.75 Å². The van der Waals surface area contributed by atoms with Crippen LogP contribution in [0.3, 0.4) is 0 Å². The average Bonchev–Trinajstić information content (AvgIpc) is 2.67. The second-order valence-electron chi connectivity index (χ2n) is 5.95. The third-order valence-corrected chi connectivity index (χ3v) is 3.84. The van der Waals surface area contributed by atoms with Gasteiger partial charge < -0.3 is 14.8 Å². The van der Waals surface area contributed by atoms with Crippen LogP contribution in [0.25, 0.3) is 0 Å². The van der Waals surface area contributed by atoms with Crippen molar-refractivity contribution in [2.24, 2.45) is 0 Å². The van der Waals surface area contributed by atoms with Crippen LogP contribution < -0.4 is 10.1 Å². The first kappa shape index (κ1) is 20.2. The molecule has 1 unspecified atom stereocenters. The van der Waals surface area contributed by atoms with Gasteiger partial charge in [0.15, 0.2) is 12.4 Å². The summed E-state index contributed by atoms with van der Waals surface area (Å²) in [5.41, 5.74) is 1.38. The van der Waals surface area contributed by atoms with Crippen LogP contribution in [0, 0.1) is 0 Å². The quantitative estimate of drug-likeness (QED) is 0.687. The van der Waals surface area contributed by atoms with Crippen LogP contribution in [0.5, 0.6) is 5.75 Å². The molecule has 0 heterocycles. The SMILES string of the molecule is CCOC(=O)c1ccc(OCC(=O)NC(Cc2ccccc2)C(C)=O)cc1. The summed E-state index contributed by atoms with van der Waals surface area (Å²) in [5, 5.41) is 2.69. The highest BCUT2D eigenvalue weighted by Gasteiger charge is 2.18. The van der Waals surface area contributed by atoms with Crippen molar-refractivity contribution in [3.63, 3.8) is 0 Å². The van der Waals surface area contributed by atoms with Crippen molar-refractivity contribution in [3.8, 4) is 5.75 Å². The van der Waals surface area contributed by atoms with Crippen LogP contribution in [-0.2, 0) is 20.7 Å². The van der Waals surface area contributed by atoms with Crippen LogP contribution >= 0.6 is 0 Å². The van der Waals surface area contributed by atoms with Crippen molar-refractivity contribution in [3.05, 3.63) is 65.7 Å². The Hall–Kier alpha value is -3.15. The number of hydrogen-bond donors (Lipinski definition) is 1. The maximum absolute atomic E-state index is 12.1. The maximum Gasteiger partial charge on any atom is 0.338 e. The molecule has 0 aliphatic heterocycles. The summed E-state index contributed by atoms with van der Waals surface area (Å²) in [6.45, 7) is 3.26. The Balaban J connectivity index is 1.86. The predicted molar refractivity (Wildman–Crippen MR) is 101 cm³/mol. The fourth-order valence-corrected chi connectivity index (χ4v) is 2.43. The lowest BCUT2D eigenvalue weighted by atomic mass is 10.0. The molecule has 2 aromatic rings. The van der Waals surface area contributed by atoms with Gasteiger partial charge in [-0.25, -0.2) is 4.79 Å². The van der Waals surface area contributed by atoms with E-state index in [-0.39, 0.29) is 18.3 Å². The first-order chi connectivity index (χ1) is 13.0. The monoisotopic (exact) mass is 369 g/mol. The average molecular weight is 369 g/mol. The van der Waals surface area contributed by atoms with Gasteiger partial charge in [-0.15, -0.1) is 0 Å². The van der Waals surface area contributed by atoms with Gasteiger partial charge in [0.25, 0.3) is 5.91 Å². The van der Waals surface area contributed by atoms with E-state index in [1.807, 2.05) is 30.3 Å². The molecule has 0 spiro atoms. The summed E-state index contributed by atoms with van der Waals surface area (Å²) in [5.74, 6) is -0.473. The van der Waals surface area contributed by atoms with E-state index in [9.17, 15) is 14.4 Å². The molecule has 0 saturated heterocycles. The Bertz CT molecular complexity index is 771. The number of nitrogens with one attached hydrogen (secondary N) is 1. The molecule has 0 aliphatic carbocycles. The molecule has 1 atom stereocenters. The molecule has 0 aromatic heterocycles. The van der Waals surface area contributed by atoms with Gasteiger partial charge in [0, 0.05) is 0 Å². The lowest BCUT2D eigenvalue weighted by Crippen LogP contribution is -2.43. The van der Waals surface area contributed by atoms with Crippen molar-refractivity contribution in [2.75, 3.05) is 13.2 Å². The zero-order valence-corrected chi connectivity index (χ0v) is 15.4. The molecule has 1 N–H and O–H groups in total. The number of carbonyl (C=O) groups excluding carboxylic acids is 3. The molecule has 0 radical (unpaired) electrons. The van der Waals surface area contributed by atoms with Crippen LogP contribution in [-0.4, -0.2) is 36.9 Å². The van der Waals surface area contributed by atoms with Crippen LogP contribution in [0.15, 0.2) is 54.6 Å². The highest BCUT2D eigenvalue weighted by atomic mass is 16.5. The topological polar surface area (TPSA) is 81.7 Å². The molecule has 0 bridgehead atoms. The van der Waals surface area contributed by atoms with Crippen molar-refractivity contribution >= 4 is 17.7 Å². The van der Waals surface area contributed by atoms with Gasteiger partial charge in [0.2, 0.25) is 0 Å². The lowest BCUT2D eigenvalue weighted by molar-refractivity contribution is -0.128. The smallest absolute Gasteiger partial charge is 0.338 e. The van der Waals surface area contributed by atoms with Gasteiger partial charge in [-0.1, -0.05) is 30.3 Å². The van der Waals surface area contributed by atoms with E-state index >= 15 is 0 Å². The zero-order chi connectivity index (χ0) is 19.6. The highest BCUT2D eigenvalue weighted by Crippen LogP contribution is 2.13. The van der Waals surface area contributed by atoms with E-state index in [0.29, 0.717) is 24.3 Å². The lowest BCUT2D eigenvalue weighted by Gasteiger charge is -2.16. The summed E-state index contributed by atoms with van der Waals surface area (Å²) in [7, 11) is 0. The second-order valence-corrected chi connectivity index (χ2v) is 5.95. The molecule has 0 aliphatic rings. The van der Waals surface area contributed by atoms with Crippen LogP contribution in [0.2, 0.25) is 0 Å². The van der Waals surface area contributed by atoms with E-state index in [1.165, 1.54) is 6.92 Å².